The van der Waals surface area contributed by atoms with Gasteiger partial charge in [0.2, 0.25) is 0 Å². The molecular formula is C32H48O9. The predicted octanol–water partition coefficient (Wildman–Crippen LogP) is 3.68. The number of aliphatic hydroxyl groups is 2. The highest BCUT2D eigenvalue weighted by Gasteiger charge is 2.71. The second kappa shape index (κ2) is 10.6. The molecule has 0 spiro atoms. The zero-order chi connectivity index (χ0) is 29.3. The van der Waals surface area contributed by atoms with Crippen molar-refractivity contribution in [2.24, 2.45) is 34.5 Å². The third kappa shape index (κ3) is 4.69. The van der Waals surface area contributed by atoms with Crippen LogP contribution in [0.2, 0.25) is 0 Å². The molecule has 0 aromatic carbocycles. The minimum absolute atomic E-state index is 0.0898. The summed E-state index contributed by atoms with van der Waals surface area (Å²) in [6, 6.07) is 0. The predicted molar refractivity (Wildman–Crippen MR) is 147 cm³/mol. The molecule has 0 bridgehead atoms. The number of carbonyl (C=O) groups excluding carboxylic acids is 2. The van der Waals surface area contributed by atoms with E-state index in [-0.39, 0.29) is 60.4 Å². The van der Waals surface area contributed by atoms with Crippen LogP contribution in [0.25, 0.3) is 0 Å². The normalized spacial score (nSPS) is 51.2. The van der Waals surface area contributed by atoms with E-state index in [1.807, 2.05) is 6.92 Å². The van der Waals surface area contributed by atoms with Gasteiger partial charge in [0.15, 0.2) is 6.29 Å². The van der Waals surface area contributed by atoms with Crippen molar-refractivity contribution >= 4 is 11.9 Å². The van der Waals surface area contributed by atoms with Gasteiger partial charge in [-0.25, -0.2) is 4.79 Å². The second-order valence-corrected chi connectivity index (χ2v) is 14.3. The minimum Gasteiger partial charge on any atom is -0.462 e. The molecule has 5 fully saturated rings. The van der Waals surface area contributed by atoms with Crippen LogP contribution >= 0.6 is 0 Å². The van der Waals surface area contributed by atoms with Crippen LogP contribution in [0, 0.1) is 34.5 Å². The minimum atomic E-state index is -0.990. The van der Waals surface area contributed by atoms with Crippen LogP contribution in [0.5, 0.6) is 0 Å². The molecule has 0 amide bonds. The Hall–Kier alpha value is -1.52. The first kappa shape index (κ1) is 29.5. The number of cyclic esters (lactones) is 1. The summed E-state index contributed by atoms with van der Waals surface area (Å²) in [4.78, 5) is 24.2. The molecule has 0 aromatic rings. The van der Waals surface area contributed by atoms with E-state index in [1.54, 1.807) is 13.2 Å². The maximum absolute atomic E-state index is 12.7. The van der Waals surface area contributed by atoms with Crippen molar-refractivity contribution in [3.05, 3.63) is 11.6 Å². The zero-order valence-electron chi connectivity index (χ0n) is 25.2. The average Bonchev–Trinajstić information content (AvgIpc) is 3.42. The molecule has 0 unspecified atom stereocenters. The monoisotopic (exact) mass is 576 g/mol. The molecular weight excluding hydrogens is 528 g/mol. The largest absolute Gasteiger partial charge is 0.462 e. The Kier molecular flexibility index (Phi) is 7.62. The third-order valence-electron chi connectivity index (χ3n) is 12.5. The Morgan fingerprint density at radius 2 is 1.85 bits per heavy atom. The van der Waals surface area contributed by atoms with Gasteiger partial charge in [-0.05, 0) is 80.6 Å². The van der Waals surface area contributed by atoms with Gasteiger partial charge in [0, 0.05) is 44.3 Å². The van der Waals surface area contributed by atoms with Crippen molar-refractivity contribution in [3.8, 4) is 0 Å². The number of methoxy groups -OCH3 is 1. The molecule has 1 saturated heterocycles. The van der Waals surface area contributed by atoms with Gasteiger partial charge < -0.3 is 33.9 Å². The summed E-state index contributed by atoms with van der Waals surface area (Å²) in [5.74, 6) is 0.0175. The van der Waals surface area contributed by atoms with Crippen LogP contribution in [0.1, 0.15) is 85.5 Å². The summed E-state index contributed by atoms with van der Waals surface area (Å²) in [5.41, 5.74) is -0.559. The SMILES string of the molecule is CO[C@H]1C[C@@H](O[C@H]2CC[C@@]3(C)[C@@H](CC[C@H]4[C@H]3CC[C@]3(C)[C@H](C5=CC(=O)OC5)[C@H](OC(C)=O)C[C@]43O)C2)O[C@@H](C)[C@@H]1O. The van der Waals surface area contributed by atoms with E-state index in [1.165, 1.54) is 6.92 Å². The van der Waals surface area contributed by atoms with E-state index in [9.17, 15) is 19.8 Å². The first-order chi connectivity index (χ1) is 19.4. The molecule has 4 saturated carbocycles. The molecule has 2 aliphatic heterocycles. The molecule has 41 heavy (non-hydrogen) atoms. The first-order valence-corrected chi connectivity index (χ1v) is 15.7. The van der Waals surface area contributed by atoms with Crippen molar-refractivity contribution in [2.75, 3.05) is 13.7 Å². The quantitative estimate of drug-likeness (QED) is 0.373. The maximum atomic E-state index is 12.7. The smallest absolute Gasteiger partial charge is 0.331 e. The van der Waals surface area contributed by atoms with Crippen molar-refractivity contribution in [1.29, 1.82) is 0 Å². The van der Waals surface area contributed by atoms with Crippen LogP contribution in [0.15, 0.2) is 11.6 Å². The van der Waals surface area contributed by atoms with Gasteiger partial charge in [-0.15, -0.1) is 0 Å². The fraction of sp³-hybridized carbons (Fsp3) is 0.875. The van der Waals surface area contributed by atoms with Crippen molar-refractivity contribution in [1.82, 2.24) is 0 Å². The lowest BCUT2D eigenvalue weighted by molar-refractivity contribution is -0.273. The molecule has 6 rings (SSSR count). The highest BCUT2D eigenvalue weighted by molar-refractivity contribution is 5.85. The third-order valence-corrected chi connectivity index (χ3v) is 12.5. The van der Waals surface area contributed by atoms with E-state index >= 15 is 0 Å². The van der Waals surface area contributed by atoms with E-state index in [2.05, 4.69) is 13.8 Å². The standard InChI is InChI=1S/C32H48O9/c1-17-29(35)24(37-5)14-27(39-17)41-21-8-10-30(3)20(13-21)6-7-23-22(30)9-11-31(4)28(19-12-26(34)38-16-19)25(40-18(2)33)15-32(23,31)36/h12,17,20-25,27-29,35-36H,6-11,13-16H2,1-5H3/t17-,20-,21-,22+,23-,24-,25+,27+,28+,29-,30-,31+,32-/m0/s1. The number of aliphatic hydroxyl groups excluding tert-OH is 1. The second-order valence-electron chi connectivity index (χ2n) is 14.3. The fourth-order valence-corrected chi connectivity index (χ4v) is 10.4. The van der Waals surface area contributed by atoms with Crippen LogP contribution in [0.4, 0.5) is 0 Å². The lowest BCUT2D eigenvalue weighted by atomic mass is 9.43. The highest BCUT2D eigenvalue weighted by Crippen LogP contribution is 2.70. The summed E-state index contributed by atoms with van der Waals surface area (Å²) in [6.07, 6.45) is 7.14. The average molecular weight is 577 g/mol. The fourth-order valence-electron chi connectivity index (χ4n) is 10.4. The van der Waals surface area contributed by atoms with Gasteiger partial charge in [0.05, 0.1) is 23.9 Å². The summed E-state index contributed by atoms with van der Waals surface area (Å²) in [7, 11) is 1.62. The van der Waals surface area contributed by atoms with Crippen LogP contribution in [0.3, 0.4) is 0 Å². The van der Waals surface area contributed by atoms with E-state index < -0.39 is 23.2 Å². The van der Waals surface area contributed by atoms with Crippen molar-refractivity contribution in [2.45, 2.75) is 128 Å². The number of carbonyl (C=O) groups is 2. The lowest BCUT2D eigenvalue weighted by Crippen LogP contribution is -2.62. The van der Waals surface area contributed by atoms with Crippen LogP contribution < -0.4 is 0 Å². The Morgan fingerprint density at radius 1 is 1.07 bits per heavy atom. The topological polar surface area (TPSA) is 121 Å². The number of hydrogen-bond donors (Lipinski definition) is 2. The van der Waals surface area contributed by atoms with Crippen molar-refractivity contribution in [3.63, 3.8) is 0 Å². The van der Waals surface area contributed by atoms with Gasteiger partial charge in [0.1, 0.15) is 18.8 Å². The summed E-state index contributed by atoms with van der Waals surface area (Å²) in [6.45, 7) is 8.06. The molecule has 2 N–H and O–H groups in total. The Morgan fingerprint density at radius 3 is 2.54 bits per heavy atom. The molecule has 0 radical (unpaired) electrons. The summed E-state index contributed by atoms with van der Waals surface area (Å²) < 4.78 is 29.1. The van der Waals surface area contributed by atoms with Gasteiger partial charge in [-0.1, -0.05) is 13.8 Å². The van der Waals surface area contributed by atoms with Gasteiger partial charge in [-0.2, -0.15) is 0 Å². The van der Waals surface area contributed by atoms with Crippen LogP contribution in [-0.4, -0.2) is 78.3 Å². The lowest BCUT2D eigenvalue weighted by Gasteiger charge is -2.63. The Balaban J connectivity index is 1.19. The van der Waals surface area contributed by atoms with Crippen molar-refractivity contribution < 1.29 is 43.5 Å². The van der Waals surface area contributed by atoms with E-state index in [0.717, 1.165) is 50.5 Å². The van der Waals surface area contributed by atoms with E-state index in [4.69, 9.17) is 23.7 Å². The first-order valence-electron chi connectivity index (χ1n) is 15.7. The molecule has 230 valence electrons. The van der Waals surface area contributed by atoms with Crippen LogP contribution in [-0.2, 0) is 33.3 Å². The molecule has 13 atom stereocenters. The molecule has 2 heterocycles. The molecule has 0 aromatic heterocycles. The molecule has 6 aliphatic rings. The number of rotatable bonds is 5. The maximum Gasteiger partial charge on any atom is 0.331 e. The summed E-state index contributed by atoms with van der Waals surface area (Å²) >= 11 is 0. The molecule has 4 aliphatic carbocycles. The number of ether oxygens (including phenoxy) is 5. The highest BCUT2D eigenvalue weighted by atomic mass is 16.7. The van der Waals surface area contributed by atoms with Gasteiger partial charge in [-0.3, -0.25) is 4.79 Å². The Bertz CT molecular complexity index is 1080. The molecule has 9 nitrogen and oxygen atoms in total. The Labute approximate surface area is 243 Å². The van der Waals surface area contributed by atoms with E-state index in [0.29, 0.717) is 24.7 Å². The number of hydrogen-bond acceptors (Lipinski definition) is 9. The van der Waals surface area contributed by atoms with Gasteiger partial charge >= 0.3 is 11.9 Å². The zero-order valence-corrected chi connectivity index (χ0v) is 25.2. The molecule has 9 heteroatoms. The number of fused-ring (bicyclic) bond motifs is 5. The number of esters is 2. The van der Waals surface area contributed by atoms with Gasteiger partial charge in [0.25, 0.3) is 0 Å². The summed E-state index contributed by atoms with van der Waals surface area (Å²) in [5, 5.41) is 23.0.